The maximum atomic E-state index is 14.4. The molecule has 0 amide bonds. The number of Topliss-reactive ketones (excluding diaryl/α,β-unsaturated/α-hetero) is 1. The molecule has 0 radical (unpaired) electrons. The van der Waals surface area contributed by atoms with Crippen molar-refractivity contribution >= 4 is 35.6 Å². The summed E-state index contributed by atoms with van der Waals surface area (Å²) >= 11 is 0. The molecule has 1 spiro atoms. The molecule has 13 atom stereocenters. The first-order valence-corrected chi connectivity index (χ1v) is 18.3. The van der Waals surface area contributed by atoms with Gasteiger partial charge in [-0.05, 0) is 91.4 Å². The third-order valence-electron chi connectivity index (χ3n) is 15.3. The minimum Gasteiger partial charge on any atom is -0.461 e. The van der Waals surface area contributed by atoms with Gasteiger partial charge in [-0.25, -0.2) is 14.4 Å². The summed E-state index contributed by atoms with van der Waals surface area (Å²) in [4.78, 5) is 80.5. The Bertz CT molecular complexity index is 2000. The van der Waals surface area contributed by atoms with Crippen LogP contribution in [0.25, 0.3) is 0 Å². The second-order valence-corrected chi connectivity index (χ2v) is 17.3. The number of ketones is 1. The Morgan fingerprint density at radius 3 is 2.29 bits per heavy atom. The number of ether oxygens (including phenoxy) is 5. The second-order valence-electron chi connectivity index (χ2n) is 17.3. The molecule has 13 heteroatoms. The van der Waals surface area contributed by atoms with E-state index in [0.717, 1.165) is 0 Å². The van der Waals surface area contributed by atoms with Crippen LogP contribution in [-0.4, -0.2) is 88.6 Å². The first kappa shape index (κ1) is 32.5. The van der Waals surface area contributed by atoms with Gasteiger partial charge in [0.1, 0.15) is 31.0 Å². The summed E-state index contributed by atoms with van der Waals surface area (Å²) in [5.74, 6) is -6.84. The van der Waals surface area contributed by atoms with Crippen LogP contribution in [0.15, 0.2) is 45.6 Å². The number of aliphatic hydroxyl groups is 2. The quantitative estimate of drug-likeness (QED) is 0.210. The van der Waals surface area contributed by atoms with E-state index in [2.05, 4.69) is 6.92 Å². The van der Waals surface area contributed by atoms with E-state index in [0.29, 0.717) is 35.1 Å². The molecular weight excluding hydrogens is 676 g/mol. The molecule has 0 unspecified atom stereocenters. The fourth-order valence-electron chi connectivity index (χ4n) is 12.9. The molecule has 0 aromatic rings. The average molecular weight is 717 g/mol. The Labute approximate surface area is 298 Å². The lowest BCUT2D eigenvalue weighted by molar-refractivity contribution is -0.220. The average Bonchev–Trinajstić information content (AvgIpc) is 4.00. The van der Waals surface area contributed by atoms with Crippen molar-refractivity contribution in [3.05, 3.63) is 45.6 Å². The largest absolute Gasteiger partial charge is 0.461 e. The van der Waals surface area contributed by atoms with Gasteiger partial charge in [0, 0.05) is 23.5 Å². The molecule has 3 heterocycles. The Morgan fingerprint density at radius 1 is 0.846 bits per heavy atom. The van der Waals surface area contributed by atoms with Gasteiger partial charge in [0.05, 0.1) is 29.7 Å². The Hall–Kier alpha value is -4.10. The summed E-state index contributed by atoms with van der Waals surface area (Å²) in [7, 11) is 0. The van der Waals surface area contributed by atoms with Crippen LogP contribution in [0.1, 0.15) is 59.8 Å². The Balaban J connectivity index is 1.20. The number of cyclic esters (lactones) is 3. The Kier molecular flexibility index (Phi) is 6.07. The number of fused-ring (bicyclic) bond motifs is 9. The summed E-state index contributed by atoms with van der Waals surface area (Å²) in [5, 5.41) is 26.0. The number of hydrogen-bond acceptors (Lipinski definition) is 13. The summed E-state index contributed by atoms with van der Waals surface area (Å²) in [6.07, 6.45) is 2.72. The topological polar surface area (TPSA) is 189 Å². The molecule has 52 heavy (non-hydrogen) atoms. The number of esters is 5. The van der Waals surface area contributed by atoms with Crippen molar-refractivity contribution in [3.63, 3.8) is 0 Å². The SMILES string of the molecule is CC1=C2[C@H](OC1=O)C(=O)[C@@]1(C)[C@@H]3C[C@@H]3C3=C[C@@H]4[C@]5(OC(=O)C6=C5C[C@H]5[C@](O)(COC(=O)/C=C(\C)COC(=O)CCC(=O)OC6)[C@H]6C[C@H]6[C@]45C)[C@@H]2[C@]31O. The molecule has 10 rings (SSSR count). The molecule has 13 nitrogen and oxygen atoms in total. The number of hydrogen-bond donors (Lipinski definition) is 2. The summed E-state index contributed by atoms with van der Waals surface area (Å²) < 4.78 is 29.0. The lowest BCUT2D eigenvalue weighted by Crippen LogP contribution is -2.74. The van der Waals surface area contributed by atoms with Crippen LogP contribution < -0.4 is 0 Å². The van der Waals surface area contributed by atoms with Crippen LogP contribution in [0.5, 0.6) is 0 Å². The van der Waals surface area contributed by atoms with E-state index in [4.69, 9.17) is 23.7 Å². The van der Waals surface area contributed by atoms with E-state index in [1.807, 2.05) is 6.08 Å². The zero-order chi connectivity index (χ0) is 36.7. The van der Waals surface area contributed by atoms with E-state index >= 15 is 0 Å². The van der Waals surface area contributed by atoms with Gasteiger partial charge in [0.15, 0.2) is 17.5 Å². The van der Waals surface area contributed by atoms with Crippen molar-refractivity contribution in [3.8, 4) is 0 Å². The molecule has 0 saturated heterocycles. The van der Waals surface area contributed by atoms with Gasteiger partial charge < -0.3 is 33.9 Å². The van der Waals surface area contributed by atoms with Crippen LogP contribution >= 0.6 is 0 Å². The number of carbonyl (C=O) groups is 6. The van der Waals surface area contributed by atoms with Crippen LogP contribution in [0, 0.1) is 52.3 Å². The van der Waals surface area contributed by atoms with Crippen LogP contribution in [0.2, 0.25) is 0 Å². The van der Waals surface area contributed by atoms with Crippen LogP contribution in [0.4, 0.5) is 0 Å². The van der Waals surface area contributed by atoms with Gasteiger partial charge in [0.25, 0.3) is 0 Å². The molecule has 7 aliphatic carbocycles. The third kappa shape index (κ3) is 3.49. The molecule has 2 bridgehead atoms. The number of carbonyl (C=O) groups excluding carboxylic acids is 6. The van der Waals surface area contributed by atoms with E-state index < -0.39 is 87.9 Å². The normalized spacial score (nSPS) is 50.8. The number of rotatable bonds is 0. The molecule has 10 aliphatic rings. The minimum absolute atomic E-state index is 0.0461. The summed E-state index contributed by atoms with van der Waals surface area (Å²) in [5.41, 5.74) is -4.96. The first-order valence-electron chi connectivity index (χ1n) is 18.3. The highest BCUT2D eigenvalue weighted by atomic mass is 16.6. The van der Waals surface area contributed by atoms with E-state index in [1.54, 1.807) is 20.8 Å². The van der Waals surface area contributed by atoms with E-state index in [9.17, 15) is 39.0 Å². The molecule has 3 aliphatic heterocycles. The van der Waals surface area contributed by atoms with Gasteiger partial charge >= 0.3 is 29.8 Å². The van der Waals surface area contributed by atoms with E-state index in [1.165, 1.54) is 6.08 Å². The standard InChI is InChI=1S/C39H40O13/c1-15-7-28(42)50-14-37(46)23-9-22(23)35(3)24(37)10-20-18(13-49-27(41)6-5-26(40)48-12-15)34(45)52-38(20)25(35)11-21-17-8-19(17)36(4)32(43)30-29(16(2)33(44)51-30)31(38)39(21,36)47/h7,11,17,19,22-25,30-31,46-47H,5-6,8-10,12-14H2,1-4H3/b15-7+/t17-,19+,22+,23-,24+,25-,30-,31+,35-,36+,37-,38-,39+/m0/s1. The minimum atomic E-state index is -1.82. The monoisotopic (exact) mass is 716 g/mol. The van der Waals surface area contributed by atoms with Crippen LogP contribution in [-0.2, 0) is 52.5 Å². The molecule has 6 fully saturated rings. The highest BCUT2D eigenvalue weighted by molar-refractivity contribution is 6.05. The fraction of sp³-hybridized carbons (Fsp3) is 0.641. The molecule has 0 aromatic carbocycles. The maximum Gasteiger partial charge on any atom is 0.338 e. The molecular formula is C39H40O13. The third-order valence-corrected chi connectivity index (χ3v) is 15.3. The van der Waals surface area contributed by atoms with Crippen molar-refractivity contribution in [2.75, 3.05) is 19.8 Å². The fourth-order valence-corrected chi connectivity index (χ4v) is 12.9. The molecule has 274 valence electrons. The van der Waals surface area contributed by atoms with Crippen molar-refractivity contribution in [1.82, 2.24) is 0 Å². The first-order chi connectivity index (χ1) is 24.5. The predicted octanol–water partition coefficient (Wildman–Crippen LogP) is 1.74. The van der Waals surface area contributed by atoms with Gasteiger partial charge in [-0.15, -0.1) is 0 Å². The lowest BCUT2D eigenvalue weighted by Gasteiger charge is -2.66. The van der Waals surface area contributed by atoms with Crippen LogP contribution in [0.3, 0.4) is 0 Å². The van der Waals surface area contributed by atoms with E-state index in [-0.39, 0.29) is 73.1 Å². The van der Waals surface area contributed by atoms with Gasteiger partial charge in [-0.1, -0.05) is 13.0 Å². The van der Waals surface area contributed by atoms with Crippen molar-refractivity contribution < 1.29 is 62.7 Å². The molecule has 2 N–H and O–H groups in total. The molecule has 6 saturated carbocycles. The summed E-state index contributed by atoms with van der Waals surface area (Å²) in [6, 6.07) is 0. The smallest absolute Gasteiger partial charge is 0.338 e. The molecule has 0 aromatic heterocycles. The van der Waals surface area contributed by atoms with Gasteiger partial charge in [-0.3, -0.25) is 14.4 Å². The predicted molar refractivity (Wildman–Crippen MR) is 172 cm³/mol. The van der Waals surface area contributed by atoms with Gasteiger partial charge in [-0.2, -0.15) is 0 Å². The van der Waals surface area contributed by atoms with Crippen molar-refractivity contribution in [2.45, 2.75) is 82.7 Å². The highest BCUT2D eigenvalue weighted by Gasteiger charge is 2.89. The highest BCUT2D eigenvalue weighted by Crippen LogP contribution is 2.84. The van der Waals surface area contributed by atoms with Crippen molar-refractivity contribution in [1.29, 1.82) is 0 Å². The van der Waals surface area contributed by atoms with Gasteiger partial charge in [0.2, 0.25) is 0 Å². The zero-order valence-corrected chi connectivity index (χ0v) is 29.3. The second kappa shape index (κ2) is 9.71. The van der Waals surface area contributed by atoms with Crippen molar-refractivity contribution in [2.24, 2.45) is 52.3 Å². The summed E-state index contributed by atoms with van der Waals surface area (Å²) in [6.45, 7) is 5.99. The lowest BCUT2D eigenvalue weighted by atomic mass is 9.40. The maximum absolute atomic E-state index is 14.4. The zero-order valence-electron chi connectivity index (χ0n) is 29.3. The Morgan fingerprint density at radius 2 is 1.56 bits per heavy atom.